The second-order valence-corrected chi connectivity index (χ2v) is 12.6. The van der Waals surface area contributed by atoms with Crippen LogP contribution in [0.4, 0.5) is 0 Å². The number of aliphatic carboxylic acids is 3. The molecule has 0 saturated heterocycles. The SMILES string of the molecule is CCCCCCCCCCCCCCC/C=C\CCCCCCC[N+](C(CC)C(=O)O)(C(CC)C(=O)O)C(CC)C(=O)O. The topological polar surface area (TPSA) is 112 Å². The minimum Gasteiger partial charge on any atom is -0.477 e. The van der Waals surface area contributed by atoms with Crippen molar-refractivity contribution in [2.75, 3.05) is 6.54 Å². The van der Waals surface area contributed by atoms with Crippen LogP contribution in [0.5, 0.6) is 0 Å². The van der Waals surface area contributed by atoms with E-state index in [-0.39, 0.29) is 25.8 Å². The zero-order valence-electron chi connectivity index (χ0n) is 28.4. The molecule has 43 heavy (non-hydrogen) atoms. The normalized spacial score (nSPS) is 15.3. The van der Waals surface area contributed by atoms with Gasteiger partial charge in [-0.25, -0.2) is 14.4 Å². The van der Waals surface area contributed by atoms with Gasteiger partial charge in [-0.1, -0.05) is 130 Å². The first kappa shape index (κ1) is 41.1. The van der Waals surface area contributed by atoms with Crippen molar-refractivity contribution < 1.29 is 34.2 Å². The number of allylic oxidation sites excluding steroid dienone is 2. The summed E-state index contributed by atoms with van der Waals surface area (Å²) in [6, 6.07) is -3.20. The number of hydrogen-bond acceptors (Lipinski definition) is 3. The summed E-state index contributed by atoms with van der Waals surface area (Å²) in [6.45, 7) is 7.65. The molecular formula is C36H68NO6+. The zero-order chi connectivity index (χ0) is 32.3. The van der Waals surface area contributed by atoms with Crippen LogP contribution in [0.15, 0.2) is 12.2 Å². The van der Waals surface area contributed by atoms with Gasteiger partial charge in [0.05, 0.1) is 6.54 Å². The number of carbonyl (C=O) groups is 3. The van der Waals surface area contributed by atoms with Crippen molar-refractivity contribution in [1.29, 1.82) is 0 Å². The molecule has 0 aliphatic heterocycles. The monoisotopic (exact) mass is 611 g/mol. The molecule has 0 aromatic carbocycles. The molecule has 3 unspecified atom stereocenters. The second-order valence-electron chi connectivity index (χ2n) is 12.6. The van der Waals surface area contributed by atoms with Gasteiger partial charge in [-0.05, 0) is 38.5 Å². The maximum atomic E-state index is 12.3. The third-order valence-electron chi connectivity index (χ3n) is 9.31. The Morgan fingerprint density at radius 2 is 0.744 bits per heavy atom. The van der Waals surface area contributed by atoms with E-state index in [0.29, 0.717) is 6.42 Å². The van der Waals surface area contributed by atoms with E-state index >= 15 is 0 Å². The van der Waals surface area contributed by atoms with E-state index in [4.69, 9.17) is 0 Å². The van der Waals surface area contributed by atoms with E-state index in [1.807, 2.05) is 0 Å². The van der Waals surface area contributed by atoms with Crippen LogP contribution in [0.2, 0.25) is 0 Å². The number of unbranched alkanes of at least 4 members (excludes halogenated alkanes) is 18. The van der Waals surface area contributed by atoms with Gasteiger partial charge in [-0.15, -0.1) is 0 Å². The summed E-state index contributed by atoms with van der Waals surface area (Å²) in [5, 5.41) is 30.1. The van der Waals surface area contributed by atoms with Crippen LogP contribution in [-0.4, -0.2) is 62.4 Å². The van der Waals surface area contributed by atoms with Crippen LogP contribution >= 0.6 is 0 Å². The maximum absolute atomic E-state index is 12.3. The third-order valence-corrected chi connectivity index (χ3v) is 9.31. The average Bonchev–Trinajstić information content (AvgIpc) is 2.96. The minimum atomic E-state index is -1.12. The van der Waals surface area contributed by atoms with Crippen LogP contribution in [0.3, 0.4) is 0 Å². The van der Waals surface area contributed by atoms with Gasteiger partial charge in [-0.3, -0.25) is 4.48 Å². The summed E-state index contributed by atoms with van der Waals surface area (Å²) in [4.78, 5) is 36.8. The van der Waals surface area contributed by atoms with Crippen LogP contribution < -0.4 is 0 Å². The highest BCUT2D eigenvalue weighted by atomic mass is 16.4. The van der Waals surface area contributed by atoms with E-state index in [0.717, 1.165) is 38.5 Å². The van der Waals surface area contributed by atoms with Crippen LogP contribution in [0, 0.1) is 0 Å². The van der Waals surface area contributed by atoms with E-state index in [2.05, 4.69) is 19.1 Å². The number of rotatable bonds is 31. The molecular weight excluding hydrogens is 542 g/mol. The summed E-state index contributed by atoms with van der Waals surface area (Å²) in [7, 11) is 0. The van der Waals surface area contributed by atoms with Gasteiger partial charge in [0.2, 0.25) is 0 Å². The van der Waals surface area contributed by atoms with Gasteiger partial charge in [0.25, 0.3) is 0 Å². The maximum Gasteiger partial charge on any atom is 0.362 e. The van der Waals surface area contributed by atoms with Gasteiger partial charge >= 0.3 is 17.9 Å². The Bertz CT molecular complexity index is 697. The van der Waals surface area contributed by atoms with Crippen molar-refractivity contribution in [1.82, 2.24) is 0 Å². The first-order valence-electron chi connectivity index (χ1n) is 17.9. The predicted molar refractivity (Wildman–Crippen MR) is 177 cm³/mol. The summed E-state index contributed by atoms with van der Waals surface area (Å²) >= 11 is 0. The number of nitrogens with zero attached hydrogens (tertiary/aromatic N) is 1. The van der Waals surface area contributed by atoms with Gasteiger partial charge in [0.1, 0.15) is 0 Å². The molecule has 0 fully saturated rings. The van der Waals surface area contributed by atoms with Crippen LogP contribution in [0.1, 0.15) is 175 Å². The molecule has 0 aliphatic carbocycles. The van der Waals surface area contributed by atoms with Crippen molar-refractivity contribution in [3.8, 4) is 0 Å². The molecule has 0 amide bonds. The summed E-state index contributed by atoms with van der Waals surface area (Å²) in [5.41, 5.74) is 0. The molecule has 0 aliphatic rings. The van der Waals surface area contributed by atoms with Gasteiger partial charge in [-0.2, -0.15) is 0 Å². The van der Waals surface area contributed by atoms with Crippen LogP contribution in [0.25, 0.3) is 0 Å². The van der Waals surface area contributed by atoms with Crippen molar-refractivity contribution >= 4 is 17.9 Å². The Kier molecular flexibility index (Phi) is 25.3. The molecule has 252 valence electrons. The van der Waals surface area contributed by atoms with E-state index < -0.39 is 40.5 Å². The lowest BCUT2D eigenvalue weighted by Crippen LogP contribution is -2.72. The standard InChI is InChI=1S/C36H67NO6/c1-5-9-10-11-12-13-14-15-16-17-18-19-20-21-22-23-24-25-26-27-28-29-30-37(31(6-2)34(38)39,32(7-3)35(40)41)33(8-4)36(42)43/h22-23,31-33H,5-21,24-30H2,1-4H3,(H2-,38,39,40,41,42,43)/p+1/b23-22-. The smallest absolute Gasteiger partial charge is 0.362 e. The largest absolute Gasteiger partial charge is 0.477 e. The fourth-order valence-electron chi connectivity index (χ4n) is 6.97. The molecule has 3 atom stereocenters. The van der Waals surface area contributed by atoms with E-state index in [9.17, 15) is 29.7 Å². The summed E-state index contributed by atoms with van der Waals surface area (Å²) in [5.74, 6) is -3.35. The fourth-order valence-corrected chi connectivity index (χ4v) is 6.97. The number of hydrogen-bond donors (Lipinski definition) is 3. The Labute approximate surface area is 264 Å². The third kappa shape index (κ3) is 16.7. The fraction of sp³-hybridized carbons (Fsp3) is 0.861. The summed E-state index contributed by atoms with van der Waals surface area (Å²) in [6.07, 6.45) is 29.9. The summed E-state index contributed by atoms with van der Waals surface area (Å²) < 4.78 is -0.411. The lowest BCUT2D eigenvalue weighted by molar-refractivity contribution is -0.973. The molecule has 0 radical (unpaired) electrons. The van der Waals surface area contributed by atoms with Crippen molar-refractivity contribution in [2.45, 2.75) is 193 Å². The first-order chi connectivity index (χ1) is 20.7. The Morgan fingerprint density at radius 3 is 1.02 bits per heavy atom. The molecule has 3 N–H and O–H groups in total. The molecule has 0 heterocycles. The van der Waals surface area contributed by atoms with Crippen LogP contribution in [-0.2, 0) is 14.4 Å². The van der Waals surface area contributed by atoms with Crippen molar-refractivity contribution in [3.05, 3.63) is 12.2 Å². The average molecular weight is 611 g/mol. The minimum absolute atomic E-state index is 0.189. The van der Waals surface area contributed by atoms with Gasteiger partial charge in [0.15, 0.2) is 18.1 Å². The highest BCUT2D eigenvalue weighted by Crippen LogP contribution is 2.32. The molecule has 0 rings (SSSR count). The quantitative estimate of drug-likeness (QED) is 0.0409. The Balaban J connectivity index is 4.34. The zero-order valence-corrected chi connectivity index (χ0v) is 28.4. The van der Waals surface area contributed by atoms with E-state index in [1.165, 1.54) is 83.5 Å². The number of quaternary nitrogens is 1. The second kappa shape index (κ2) is 26.5. The van der Waals surface area contributed by atoms with Crippen molar-refractivity contribution in [3.63, 3.8) is 0 Å². The molecule has 0 saturated carbocycles. The Hall–Kier alpha value is -1.89. The molecule has 7 nitrogen and oxygen atoms in total. The highest BCUT2D eigenvalue weighted by molar-refractivity contribution is 5.78. The number of carboxylic acids is 3. The highest BCUT2D eigenvalue weighted by Gasteiger charge is 2.55. The lowest BCUT2D eigenvalue weighted by Gasteiger charge is -2.49. The molecule has 7 heteroatoms. The first-order valence-corrected chi connectivity index (χ1v) is 17.9. The Morgan fingerprint density at radius 1 is 0.465 bits per heavy atom. The molecule has 0 aromatic rings. The molecule has 0 spiro atoms. The van der Waals surface area contributed by atoms with Crippen molar-refractivity contribution in [2.24, 2.45) is 0 Å². The molecule has 0 aromatic heterocycles. The van der Waals surface area contributed by atoms with Gasteiger partial charge in [0, 0.05) is 19.3 Å². The lowest BCUT2D eigenvalue weighted by atomic mass is 9.94. The number of carboxylic acid groups (broad SMARTS) is 3. The molecule has 0 bridgehead atoms. The van der Waals surface area contributed by atoms with E-state index in [1.54, 1.807) is 20.8 Å². The predicted octanol–water partition coefficient (Wildman–Crippen LogP) is 9.77. The van der Waals surface area contributed by atoms with Gasteiger partial charge < -0.3 is 15.3 Å².